The number of ether oxygens (including phenoxy) is 1. The van der Waals surface area contributed by atoms with E-state index in [9.17, 15) is 4.79 Å². The van der Waals surface area contributed by atoms with E-state index >= 15 is 0 Å². The second-order valence-corrected chi connectivity index (χ2v) is 4.12. The lowest BCUT2D eigenvalue weighted by atomic mass is 10.2. The number of para-hydroxylation sites is 1. The normalized spacial score (nSPS) is 10.0. The maximum atomic E-state index is 12.1. The van der Waals surface area contributed by atoms with E-state index in [1.807, 2.05) is 45.2 Å². The van der Waals surface area contributed by atoms with Crippen LogP contribution in [-0.4, -0.2) is 43.1 Å². The van der Waals surface area contributed by atoms with Crippen molar-refractivity contribution < 1.29 is 9.53 Å². The number of carbonyl (C=O) groups is 1. The van der Waals surface area contributed by atoms with Gasteiger partial charge in [-0.05, 0) is 19.9 Å². The molecule has 1 aromatic rings. The number of nitrogens with zero attached hydrogens (tertiary/aromatic N) is 2. The Bertz CT molecular complexity index is 389. The van der Waals surface area contributed by atoms with E-state index < -0.39 is 0 Å². The summed E-state index contributed by atoms with van der Waals surface area (Å²) >= 11 is 0. The van der Waals surface area contributed by atoms with Gasteiger partial charge in [0.2, 0.25) is 0 Å². The molecule has 0 bridgehead atoms. The van der Waals surface area contributed by atoms with Crippen LogP contribution >= 0.6 is 0 Å². The van der Waals surface area contributed by atoms with Crippen molar-refractivity contribution in [1.82, 2.24) is 9.80 Å². The van der Waals surface area contributed by atoms with Gasteiger partial charge in [-0.1, -0.05) is 18.2 Å². The summed E-state index contributed by atoms with van der Waals surface area (Å²) in [5, 5.41) is 0. The van der Waals surface area contributed by atoms with Gasteiger partial charge in [-0.3, -0.25) is 0 Å². The van der Waals surface area contributed by atoms with E-state index in [0.717, 1.165) is 24.4 Å². The number of hydrogen-bond donors (Lipinski definition) is 0. The molecule has 0 fully saturated rings. The van der Waals surface area contributed by atoms with E-state index in [-0.39, 0.29) is 6.03 Å². The minimum atomic E-state index is 0.0471. The van der Waals surface area contributed by atoms with E-state index in [0.29, 0.717) is 6.54 Å². The first-order valence-corrected chi connectivity index (χ1v) is 6.25. The summed E-state index contributed by atoms with van der Waals surface area (Å²) in [6.07, 6.45) is 0. The molecule has 4 nitrogen and oxygen atoms in total. The second-order valence-electron chi connectivity index (χ2n) is 4.12. The number of rotatable bonds is 5. The lowest BCUT2D eigenvalue weighted by molar-refractivity contribution is 0.165. The van der Waals surface area contributed by atoms with Gasteiger partial charge < -0.3 is 14.5 Å². The van der Waals surface area contributed by atoms with Crippen molar-refractivity contribution >= 4 is 6.03 Å². The average molecular weight is 250 g/mol. The standard InChI is InChI=1S/C14H22N2O2/c1-5-16(6-2)14(17)15(3)11-12-9-7-8-10-13(12)18-4/h7-10H,5-6,11H2,1-4H3. The minimum absolute atomic E-state index is 0.0471. The Morgan fingerprint density at radius 1 is 1.22 bits per heavy atom. The molecule has 0 aliphatic rings. The lowest BCUT2D eigenvalue weighted by Gasteiger charge is -2.26. The maximum Gasteiger partial charge on any atom is 0.320 e. The molecule has 0 aliphatic heterocycles. The third-order valence-corrected chi connectivity index (χ3v) is 2.96. The molecule has 0 saturated heterocycles. The summed E-state index contributed by atoms with van der Waals surface area (Å²) in [5.41, 5.74) is 1.02. The van der Waals surface area contributed by atoms with Crippen LogP contribution in [0.2, 0.25) is 0 Å². The number of hydrogen-bond acceptors (Lipinski definition) is 2. The van der Waals surface area contributed by atoms with Gasteiger partial charge in [0.1, 0.15) is 5.75 Å². The zero-order chi connectivity index (χ0) is 13.5. The largest absolute Gasteiger partial charge is 0.496 e. The molecule has 0 spiro atoms. The summed E-state index contributed by atoms with van der Waals surface area (Å²) in [6.45, 7) is 5.98. The van der Waals surface area contributed by atoms with Crippen molar-refractivity contribution in [2.75, 3.05) is 27.2 Å². The molecule has 4 heteroatoms. The topological polar surface area (TPSA) is 32.8 Å². The molecule has 0 aliphatic carbocycles. The number of benzene rings is 1. The Morgan fingerprint density at radius 2 is 1.83 bits per heavy atom. The Balaban J connectivity index is 2.74. The molecule has 0 aromatic heterocycles. The summed E-state index contributed by atoms with van der Waals surface area (Å²) in [7, 11) is 3.46. The quantitative estimate of drug-likeness (QED) is 0.804. The Labute approximate surface area is 109 Å². The van der Waals surface area contributed by atoms with E-state index in [4.69, 9.17) is 4.74 Å². The second kappa shape index (κ2) is 6.89. The predicted octanol–water partition coefficient (Wildman–Crippen LogP) is 2.59. The van der Waals surface area contributed by atoms with Gasteiger partial charge >= 0.3 is 6.03 Å². The van der Waals surface area contributed by atoms with Crippen LogP contribution in [0, 0.1) is 0 Å². The molecule has 0 atom stereocenters. The van der Waals surface area contributed by atoms with Gasteiger partial charge in [-0.25, -0.2) is 4.79 Å². The highest BCUT2D eigenvalue weighted by Crippen LogP contribution is 2.19. The maximum absolute atomic E-state index is 12.1. The van der Waals surface area contributed by atoms with Gasteiger partial charge in [0.25, 0.3) is 0 Å². The van der Waals surface area contributed by atoms with Gasteiger partial charge in [0.15, 0.2) is 0 Å². The van der Waals surface area contributed by atoms with Crippen LogP contribution in [0.25, 0.3) is 0 Å². The van der Waals surface area contributed by atoms with Crippen molar-refractivity contribution in [2.45, 2.75) is 20.4 Å². The molecule has 0 saturated carbocycles. The molecule has 1 rings (SSSR count). The van der Waals surface area contributed by atoms with Crippen molar-refractivity contribution in [3.8, 4) is 5.75 Å². The first kappa shape index (κ1) is 14.4. The van der Waals surface area contributed by atoms with Gasteiger partial charge in [0, 0.05) is 25.7 Å². The predicted molar refractivity (Wildman–Crippen MR) is 72.8 cm³/mol. The number of urea groups is 1. The smallest absolute Gasteiger partial charge is 0.320 e. The number of methoxy groups -OCH3 is 1. The summed E-state index contributed by atoms with van der Waals surface area (Å²) in [6, 6.07) is 7.81. The third kappa shape index (κ3) is 3.39. The number of carbonyl (C=O) groups excluding carboxylic acids is 1. The number of amides is 2. The van der Waals surface area contributed by atoms with E-state index in [1.165, 1.54) is 0 Å². The van der Waals surface area contributed by atoms with Gasteiger partial charge in [0.05, 0.1) is 13.7 Å². The fraction of sp³-hybridized carbons (Fsp3) is 0.500. The van der Waals surface area contributed by atoms with E-state index in [1.54, 1.807) is 16.9 Å². The summed E-state index contributed by atoms with van der Waals surface area (Å²) in [5.74, 6) is 0.816. The Kier molecular flexibility index (Phi) is 5.49. The molecule has 0 unspecified atom stereocenters. The molecule has 0 N–H and O–H groups in total. The first-order chi connectivity index (χ1) is 8.63. The van der Waals surface area contributed by atoms with E-state index in [2.05, 4.69) is 0 Å². The lowest BCUT2D eigenvalue weighted by Crippen LogP contribution is -2.40. The zero-order valence-corrected chi connectivity index (χ0v) is 11.6. The van der Waals surface area contributed by atoms with Crippen LogP contribution in [0.15, 0.2) is 24.3 Å². The summed E-state index contributed by atoms with van der Waals surface area (Å²) in [4.78, 5) is 15.6. The van der Waals surface area contributed by atoms with Crippen LogP contribution < -0.4 is 4.74 Å². The molecular weight excluding hydrogens is 228 g/mol. The highest BCUT2D eigenvalue weighted by molar-refractivity contribution is 5.74. The van der Waals surface area contributed by atoms with Crippen LogP contribution in [0.3, 0.4) is 0 Å². The van der Waals surface area contributed by atoms with Crippen LogP contribution in [0.4, 0.5) is 4.79 Å². The Hall–Kier alpha value is -1.71. The summed E-state index contributed by atoms with van der Waals surface area (Å²) < 4.78 is 5.29. The molecule has 100 valence electrons. The molecule has 18 heavy (non-hydrogen) atoms. The van der Waals surface area contributed by atoms with Gasteiger partial charge in [-0.2, -0.15) is 0 Å². The molecule has 0 radical (unpaired) electrons. The minimum Gasteiger partial charge on any atom is -0.496 e. The van der Waals surface area contributed by atoms with Crippen molar-refractivity contribution in [2.24, 2.45) is 0 Å². The highest BCUT2D eigenvalue weighted by Gasteiger charge is 2.16. The van der Waals surface area contributed by atoms with Crippen LogP contribution in [-0.2, 0) is 6.54 Å². The van der Waals surface area contributed by atoms with Crippen molar-refractivity contribution in [3.05, 3.63) is 29.8 Å². The Morgan fingerprint density at radius 3 is 2.39 bits per heavy atom. The fourth-order valence-corrected chi connectivity index (χ4v) is 1.89. The molecule has 1 aromatic carbocycles. The monoisotopic (exact) mass is 250 g/mol. The zero-order valence-electron chi connectivity index (χ0n) is 11.6. The highest BCUT2D eigenvalue weighted by atomic mass is 16.5. The molecule has 0 heterocycles. The van der Waals surface area contributed by atoms with Crippen molar-refractivity contribution in [1.29, 1.82) is 0 Å². The van der Waals surface area contributed by atoms with Crippen LogP contribution in [0.1, 0.15) is 19.4 Å². The van der Waals surface area contributed by atoms with Crippen LogP contribution in [0.5, 0.6) is 5.75 Å². The van der Waals surface area contributed by atoms with Gasteiger partial charge in [-0.15, -0.1) is 0 Å². The third-order valence-electron chi connectivity index (χ3n) is 2.96. The average Bonchev–Trinajstić information content (AvgIpc) is 2.40. The SMILES string of the molecule is CCN(CC)C(=O)N(C)Cc1ccccc1OC. The molecule has 2 amide bonds. The first-order valence-electron chi connectivity index (χ1n) is 6.25. The van der Waals surface area contributed by atoms with Crippen molar-refractivity contribution in [3.63, 3.8) is 0 Å². The fourth-order valence-electron chi connectivity index (χ4n) is 1.89. The molecular formula is C14H22N2O2.